The van der Waals surface area contributed by atoms with Gasteiger partial charge in [-0.25, -0.2) is 8.78 Å². The van der Waals surface area contributed by atoms with E-state index in [4.69, 9.17) is 4.74 Å². The van der Waals surface area contributed by atoms with Gasteiger partial charge in [0.25, 0.3) is 0 Å². The van der Waals surface area contributed by atoms with E-state index in [9.17, 15) is 13.9 Å². The van der Waals surface area contributed by atoms with Crippen LogP contribution < -0.4 is 4.74 Å². The minimum Gasteiger partial charge on any atom is -0.497 e. The maximum Gasteiger partial charge on any atom is 0.128 e. The van der Waals surface area contributed by atoms with E-state index in [1.807, 2.05) is 4.90 Å². The summed E-state index contributed by atoms with van der Waals surface area (Å²) >= 11 is 0. The zero-order chi connectivity index (χ0) is 16.4. The minimum atomic E-state index is -0.576. The molecule has 0 unspecified atom stereocenters. The number of rotatable bonds is 4. The number of nitrogens with zero attached hydrogens (tertiary/aromatic N) is 2. The van der Waals surface area contributed by atoms with Gasteiger partial charge in [0, 0.05) is 37.0 Å². The van der Waals surface area contributed by atoms with Gasteiger partial charge in [-0.3, -0.25) is 9.88 Å². The van der Waals surface area contributed by atoms with Crippen molar-refractivity contribution in [2.45, 2.75) is 25.1 Å². The SMILES string of the molecule is COc1ccnc(CN2C[C@@H](O)C[C@H]2c2cc(F)ccc2F)c1. The van der Waals surface area contributed by atoms with E-state index < -0.39 is 17.7 Å². The van der Waals surface area contributed by atoms with Crippen LogP contribution in [0.1, 0.15) is 23.7 Å². The number of aliphatic hydroxyl groups is 1. The van der Waals surface area contributed by atoms with Crippen LogP contribution in [0.3, 0.4) is 0 Å². The standard InChI is InChI=1S/C17H18F2N2O2/c1-23-14-4-5-20-12(7-14)9-21-10-13(22)8-17(21)15-6-11(18)2-3-16(15)19/h2-7,13,17,22H,8-10H2,1H3/t13-,17-/m0/s1. The molecule has 1 N–H and O–H groups in total. The predicted octanol–water partition coefficient (Wildman–Crippen LogP) is 2.68. The molecule has 2 atom stereocenters. The summed E-state index contributed by atoms with van der Waals surface area (Å²) in [5.41, 5.74) is 1.02. The Morgan fingerprint density at radius 1 is 1.30 bits per heavy atom. The van der Waals surface area contributed by atoms with Gasteiger partial charge in [-0.2, -0.15) is 0 Å². The Bertz CT molecular complexity index is 696. The molecule has 2 aromatic rings. The first-order valence-corrected chi connectivity index (χ1v) is 7.43. The van der Waals surface area contributed by atoms with E-state index in [1.165, 1.54) is 6.07 Å². The highest BCUT2D eigenvalue weighted by Gasteiger charge is 2.34. The lowest BCUT2D eigenvalue weighted by molar-refractivity contribution is 0.172. The number of methoxy groups -OCH3 is 1. The van der Waals surface area contributed by atoms with Crippen molar-refractivity contribution in [3.8, 4) is 5.75 Å². The van der Waals surface area contributed by atoms with Crippen LogP contribution in [-0.2, 0) is 6.54 Å². The van der Waals surface area contributed by atoms with Crippen molar-refractivity contribution >= 4 is 0 Å². The van der Waals surface area contributed by atoms with Gasteiger partial charge in [0.1, 0.15) is 17.4 Å². The van der Waals surface area contributed by atoms with Gasteiger partial charge in [-0.15, -0.1) is 0 Å². The van der Waals surface area contributed by atoms with E-state index in [0.717, 1.165) is 17.8 Å². The Balaban J connectivity index is 1.86. The van der Waals surface area contributed by atoms with Crippen LogP contribution in [0.2, 0.25) is 0 Å². The first-order chi connectivity index (χ1) is 11.1. The molecular formula is C17H18F2N2O2. The highest BCUT2D eigenvalue weighted by molar-refractivity contribution is 5.25. The van der Waals surface area contributed by atoms with Gasteiger partial charge < -0.3 is 9.84 Å². The minimum absolute atomic E-state index is 0.268. The van der Waals surface area contributed by atoms with Crippen molar-refractivity contribution in [3.63, 3.8) is 0 Å². The molecule has 1 aliphatic heterocycles. The van der Waals surface area contributed by atoms with Gasteiger partial charge in [-0.05, 0) is 30.7 Å². The Morgan fingerprint density at radius 2 is 2.13 bits per heavy atom. The van der Waals surface area contributed by atoms with Gasteiger partial charge in [-0.1, -0.05) is 0 Å². The zero-order valence-electron chi connectivity index (χ0n) is 12.7. The van der Waals surface area contributed by atoms with Crippen LogP contribution in [-0.4, -0.2) is 34.7 Å². The van der Waals surface area contributed by atoms with Gasteiger partial charge >= 0.3 is 0 Å². The lowest BCUT2D eigenvalue weighted by atomic mass is 10.0. The molecule has 3 rings (SSSR count). The van der Waals surface area contributed by atoms with Gasteiger partial charge in [0.15, 0.2) is 0 Å². The number of aromatic nitrogens is 1. The summed E-state index contributed by atoms with van der Waals surface area (Å²) in [5, 5.41) is 9.97. The number of ether oxygens (including phenoxy) is 1. The molecule has 2 heterocycles. The fourth-order valence-corrected chi connectivity index (χ4v) is 3.03. The van der Waals surface area contributed by atoms with E-state index in [2.05, 4.69) is 4.98 Å². The van der Waals surface area contributed by atoms with E-state index in [0.29, 0.717) is 25.3 Å². The van der Waals surface area contributed by atoms with Crippen molar-refractivity contribution in [1.29, 1.82) is 0 Å². The van der Waals surface area contributed by atoms with Crippen LogP contribution in [0, 0.1) is 11.6 Å². The number of β-amino-alcohol motifs (C(OH)–C–C–N with tert-alkyl or cyclic N) is 1. The van der Waals surface area contributed by atoms with Crippen LogP contribution in [0.5, 0.6) is 5.75 Å². The summed E-state index contributed by atoms with van der Waals surface area (Å²) in [6.45, 7) is 0.814. The highest BCUT2D eigenvalue weighted by Crippen LogP contribution is 2.35. The second kappa shape index (κ2) is 6.60. The van der Waals surface area contributed by atoms with Crippen LogP contribution in [0.4, 0.5) is 8.78 Å². The summed E-state index contributed by atoms with van der Waals surface area (Å²) in [6.07, 6.45) is 1.43. The van der Waals surface area contributed by atoms with Crippen molar-refractivity contribution in [3.05, 3.63) is 59.4 Å². The summed E-state index contributed by atoms with van der Waals surface area (Å²) < 4.78 is 32.7. The number of hydrogen-bond acceptors (Lipinski definition) is 4. The first-order valence-electron chi connectivity index (χ1n) is 7.43. The van der Waals surface area contributed by atoms with Crippen molar-refractivity contribution in [2.24, 2.45) is 0 Å². The third-order valence-electron chi connectivity index (χ3n) is 4.09. The molecular weight excluding hydrogens is 302 g/mol. The lowest BCUT2D eigenvalue weighted by Crippen LogP contribution is -2.25. The maximum absolute atomic E-state index is 14.1. The van der Waals surface area contributed by atoms with E-state index in [1.54, 1.807) is 25.4 Å². The fraction of sp³-hybridized carbons (Fsp3) is 0.353. The molecule has 0 spiro atoms. The lowest BCUT2D eigenvalue weighted by Gasteiger charge is -2.24. The quantitative estimate of drug-likeness (QED) is 0.941. The monoisotopic (exact) mass is 320 g/mol. The topological polar surface area (TPSA) is 45.6 Å². The van der Waals surface area contributed by atoms with Gasteiger partial charge in [0.2, 0.25) is 0 Å². The van der Waals surface area contributed by atoms with Crippen LogP contribution in [0.25, 0.3) is 0 Å². The Labute approximate surface area is 133 Å². The molecule has 0 amide bonds. The summed E-state index contributed by atoms with van der Waals surface area (Å²) in [7, 11) is 1.57. The fourth-order valence-electron chi connectivity index (χ4n) is 3.03. The molecule has 1 aliphatic rings. The average Bonchev–Trinajstić information content (AvgIpc) is 2.90. The Kier molecular flexibility index (Phi) is 4.54. The van der Waals surface area contributed by atoms with Crippen molar-refractivity contribution < 1.29 is 18.6 Å². The molecule has 0 aliphatic carbocycles. The average molecular weight is 320 g/mol. The summed E-state index contributed by atoms with van der Waals surface area (Å²) in [5.74, 6) is -0.264. The maximum atomic E-state index is 14.1. The third-order valence-corrected chi connectivity index (χ3v) is 4.09. The van der Waals surface area contributed by atoms with Gasteiger partial charge in [0.05, 0.1) is 18.9 Å². The number of benzene rings is 1. The van der Waals surface area contributed by atoms with Crippen LogP contribution >= 0.6 is 0 Å². The molecule has 122 valence electrons. The number of halogens is 2. The molecule has 6 heteroatoms. The van der Waals surface area contributed by atoms with Crippen molar-refractivity contribution in [2.75, 3.05) is 13.7 Å². The molecule has 0 radical (unpaired) electrons. The van der Waals surface area contributed by atoms with Crippen LogP contribution in [0.15, 0.2) is 36.5 Å². The molecule has 23 heavy (non-hydrogen) atoms. The number of aliphatic hydroxyl groups excluding tert-OH is 1. The zero-order valence-corrected chi connectivity index (χ0v) is 12.7. The smallest absolute Gasteiger partial charge is 0.128 e. The Hall–Kier alpha value is -2.05. The Morgan fingerprint density at radius 3 is 2.91 bits per heavy atom. The first kappa shape index (κ1) is 15.8. The summed E-state index contributed by atoms with van der Waals surface area (Å²) in [4.78, 5) is 6.18. The molecule has 1 aromatic carbocycles. The highest BCUT2D eigenvalue weighted by atomic mass is 19.1. The predicted molar refractivity (Wildman–Crippen MR) is 80.9 cm³/mol. The summed E-state index contributed by atoms with van der Waals surface area (Å²) in [6, 6.07) is 6.57. The second-order valence-corrected chi connectivity index (χ2v) is 5.69. The van der Waals surface area contributed by atoms with E-state index in [-0.39, 0.29) is 11.6 Å². The molecule has 1 fully saturated rings. The second-order valence-electron chi connectivity index (χ2n) is 5.69. The third kappa shape index (κ3) is 3.48. The molecule has 1 saturated heterocycles. The normalized spacial score (nSPS) is 21.6. The molecule has 1 aromatic heterocycles. The molecule has 0 bridgehead atoms. The molecule has 4 nitrogen and oxygen atoms in total. The number of likely N-dealkylation sites (tertiary alicyclic amines) is 1. The van der Waals surface area contributed by atoms with Crippen molar-refractivity contribution in [1.82, 2.24) is 9.88 Å². The van der Waals surface area contributed by atoms with E-state index >= 15 is 0 Å². The molecule has 0 saturated carbocycles. The number of pyridine rings is 1. The number of hydrogen-bond donors (Lipinski definition) is 1. The largest absolute Gasteiger partial charge is 0.497 e.